The minimum Gasteiger partial charge on any atom is -0.379 e. The smallest absolute Gasteiger partial charge is 0.188 e. The molecule has 0 aliphatic rings. The van der Waals surface area contributed by atoms with Crippen molar-refractivity contribution >= 4 is 5.78 Å². The molecule has 0 aromatic heterocycles. The van der Waals surface area contributed by atoms with Crippen LogP contribution in [0.2, 0.25) is 0 Å². The van der Waals surface area contributed by atoms with E-state index in [1.807, 2.05) is 0 Å². The number of hydrogen-bond donors (Lipinski definition) is 0. The van der Waals surface area contributed by atoms with Gasteiger partial charge in [0.2, 0.25) is 0 Å². The van der Waals surface area contributed by atoms with Crippen LogP contribution >= 0.6 is 0 Å². The van der Waals surface area contributed by atoms with Gasteiger partial charge in [0.15, 0.2) is 5.78 Å². The van der Waals surface area contributed by atoms with Gasteiger partial charge in [-0.15, -0.1) is 0 Å². The van der Waals surface area contributed by atoms with Gasteiger partial charge in [-0.2, -0.15) is 0 Å². The fraction of sp³-hybridized carbons (Fsp3) is 0.500. The zero-order valence-corrected chi connectivity index (χ0v) is 10.8. The number of benzene rings is 1. The van der Waals surface area contributed by atoms with E-state index in [1.165, 1.54) is 18.2 Å². The third kappa shape index (κ3) is 5.89. The first-order chi connectivity index (χ1) is 8.59. The number of Topliss-reactive ketones (excluding diaryl/α,β-unsaturated/α-hetero) is 1. The van der Waals surface area contributed by atoms with Gasteiger partial charge >= 0.3 is 0 Å². The molecule has 0 N–H and O–H groups in total. The van der Waals surface area contributed by atoms with E-state index >= 15 is 0 Å². The third-order valence-electron chi connectivity index (χ3n) is 2.20. The molecule has 1 aromatic rings. The zero-order chi connectivity index (χ0) is 13.4. The molecular weight excluding hydrogens is 235 g/mol. The van der Waals surface area contributed by atoms with Gasteiger partial charge in [-0.3, -0.25) is 4.79 Å². The van der Waals surface area contributed by atoms with Crippen molar-refractivity contribution in [2.45, 2.75) is 13.8 Å². The van der Waals surface area contributed by atoms with Crippen LogP contribution < -0.4 is 0 Å². The van der Waals surface area contributed by atoms with Crippen LogP contribution in [-0.2, 0) is 9.47 Å². The average Bonchev–Trinajstić information content (AvgIpc) is 2.33. The fourth-order valence-corrected chi connectivity index (χ4v) is 1.35. The molecule has 0 atom stereocenters. The van der Waals surface area contributed by atoms with E-state index in [2.05, 4.69) is 13.8 Å². The highest BCUT2D eigenvalue weighted by molar-refractivity contribution is 5.97. The summed E-state index contributed by atoms with van der Waals surface area (Å²) in [6.07, 6.45) is 0. The number of halogens is 1. The molecule has 1 aromatic carbocycles. The molecule has 4 heteroatoms. The predicted molar refractivity (Wildman–Crippen MR) is 67.2 cm³/mol. The molecule has 0 fully saturated rings. The Labute approximate surface area is 107 Å². The average molecular weight is 254 g/mol. The van der Waals surface area contributed by atoms with Crippen molar-refractivity contribution in [3.63, 3.8) is 0 Å². The molecule has 0 amide bonds. The van der Waals surface area contributed by atoms with Crippen molar-refractivity contribution in [1.29, 1.82) is 0 Å². The minimum atomic E-state index is -0.416. The summed E-state index contributed by atoms with van der Waals surface area (Å²) in [7, 11) is 0. The predicted octanol–water partition coefficient (Wildman–Crippen LogP) is 2.70. The largest absolute Gasteiger partial charge is 0.379 e. The molecule has 3 nitrogen and oxygen atoms in total. The molecule has 100 valence electrons. The number of hydrogen-bond acceptors (Lipinski definition) is 3. The quantitative estimate of drug-likeness (QED) is 0.528. The SMILES string of the molecule is CC(C)COCCOCC(=O)c1cccc(F)c1. The van der Waals surface area contributed by atoms with Gasteiger partial charge in [-0.05, 0) is 18.1 Å². The molecule has 0 aliphatic heterocycles. The number of rotatable bonds is 8. The monoisotopic (exact) mass is 254 g/mol. The van der Waals surface area contributed by atoms with Crippen LogP contribution in [0.4, 0.5) is 4.39 Å². The Kier molecular flexibility index (Phi) is 6.54. The van der Waals surface area contributed by atoms with Gasteiger partial charge in [0, 0.05) is 12.2 Å². The minimum absolute atomic E-state index is 0.0471. The zero-order valence-electron chi connectivity index (χ0n) is 10.8. The van der Waals surface area contributed by atoms with Gasteiger partial charge < -0.3 is 9.47 Å². The molecule has 0 saturated carbocycles. The lowest BCUT2D eigenvalue weighted by molar-refractivity contribution is 0.0364. The van der Waals surface area contributed by atoms with Crippen molar-refractivity contribution in [3.05, 3.63) is 35.6 Å². The van der Waals surface area contributed by atoms with E-state index in [0.717, 1.165) is 0 Å². The summed E-state index contributed by atoms with van der Waals surface area (Å²) in [5, 5.41) is 0. The van der Waals surface area contributed by atoms with Gasteiger partial charge in [-0.25, -0.2) is 4.39 Å². The van der Waals surface area contributed by atoms with E-state index in [4.69, 9.17) is 9.47 Å². The highest BCUT2D eigenvalue weighted by Crippen LogP contribution is 2.04. The summed E-state index contributed by atoms with van der Waals surface area (Å²) in [4.78, 5) is 11.6. The fourth-order valence-electron chi connectivity index (χ4n) is 1.35. The molecule has 1 rings (SSSR count). The van der Waals surface area contributed by atoms with Crippen molar-refractivity contribution in [2.24, 2.45) is 5.92 Å². The maximum atomic E-state index is 12.9. The summed E-state index contributed by atoms with van der Waals surface area (Å²) < 4.78 is 23.4. The topological polar surface area (TPSA) is 35.5 Å². The second kappa shape index (κ2) is 7.95. The Bertz CT molecular complexity index is 377. The maximum Gasteiger partial charge on any atom is 0.188 e. The second-order valence-electron chi connectivity index (χ2n) is 4.45. The second-order valence-corrected chi connectivity index (χ2v) is 4.45. The van der Waals surface area contributed by atoms with E-state index in [-0.39, 0.29) is 12.4 Å². The summed E-state index contributed by atoms with van der Waals surface area (Å²) in [6, 6.07) is 5.59. The van der Waals surface area contributed by atoms with Gasteiger partial charge in [0.1, 0.15) is 12.4 Å². The first kappa shape index (κ1) is 14.8. The van der Waals surface area contributed by atoms with Crippen LogP contribution in [0.1, 0.15) is 24.2 Å². The first-order valence-electron chi connectivity index (χ1n) is 6.04. The normalized spacial score (nSPS) is 10.9. The first-order valence-corrected chi connectivity index (χ1v) is 6.04. The number of carbonyl (C=O) groups excluding carboxylic acids is 1. The molecule has 0 spiro atoms. The van der Waals surface area contributed by atoms with Crippen LogP contribution in [0.15, 0.2) is 24.3 Å². The lowest BCUT2D eigenvalue weighted by atomic mass is 10.1. The standard InChI is InChI=1S/C14H19FO3/c1-11(2)9-17-6-7-18-10-14(16)12-4-3-5-13(15)8-12/h3-5,8,11H,6-7,9-10H2,1-2H3. The number of ether oxygens (including phenoxy) is 2. The van der Waals surface area contributed by atoms with Gasteiger partial charge in [0.05, 0.1) is 13.2 Å². The molecule has 0 aliphatic carbocycles. The molecule has 0 radical (unpaired) electrons. The summed E-state index contributed by atoms with van der Waals surface area (Å²) in [6.45, 7) is 5.60. The van der Waals surface area contributed by atoms with Crippen LogP contribution in [0, 0.1) is 11.7 Å². The highest BCUT2D eigenvalue weighted by atomic mass is 19.1. The summed E-state index contributed by atoms with van der Waals surface area (Å²) >= 11 is 0. The Balaban J connectivity index is 2.18. The van der Waals surface area contributed by atoms with Crippen LogP contribution in [0.3, 0.4) is 0 Å². The Morgan fingerprint density at radius 2 is 2.00 bits per heavy atom. The third-order valence-corrected chi connectivity index (χ3v) is 2.20. The van der Waals surface area contributed by atoms with Gasteiger partial charge in [-0.1, -0.05) is 26.0 Å². The summed E-state index contributed by atoms with van der Waals surface area (Å²) in [5.74, 6) is -0.154. The molecule has 0 heterocycles. The van der Waals surface area contributed by atoms with Crippen LogP contribution in [0.25, 0.3) is 0 Å². The van der Waals surface area contributed by atoms with Crippen molar-refractivity contribution in [3.8, 4) is 0 Å². The molecular formula is C14H19FO3. The van der Waals surface area contributed by atoms with E-state index in [0.29, 0.717) is 31.3 Å². The number of carbonyl (C=O) groups is 1. The Morgan fingerprint density at radius 3 is 2.67 bits per heavy atom. The lowest BCUT2D eigenvalue weighted by Crippen LogP contribution is -2.14. The Hall–Kier alpha value is -1.26. The maximum absolute atomic E-state index is 12.9. The van der Waals surface area contributed by atoms with E-state index < -0.39 is 5.82 Å². The van der Waals surface area contributed by atoms with Crippen LogP contribution in [0.5, 0.6) is 0 Å². The Morgan fingerprint density at radius 1 is 1.28 bits per heavy atom. The van der Waals surface area contributed by atoms with Crippen molar-refractivity contribution < 1.29 is 18.7 Å². The molecule has 0 saturated heterocycles. The summed E-state index contributed by atoms with van der Waals surface area (Å²) in [5.41, 5.74) is 0.332. The molecule has 18 heavy (non-hydrogen) atoms. The van der Waals surface area contributed by atoms with Crippen LogP contribution in [-0.4, -0.2) is 32.2 Å². The molecule has 0 bridgehead atoms. The number of ketones is 1. The van der Waals surface area contributed by atoms with E-state index in [9.17, 15) is 9.18 Å². The van der Waals surface area contributed by atoms with E-state index in [1.54, 1.807) is 6.07 Å². The lowest BCUT2D eigenvalue weighted by Gasteiger charge is -2.07. The van der Waals surface area contributed by atoms with Gasteiger partial charge in [0.25, 0.3) is 0 Å². The molecule has 0 unspecified atom stereocenters. The van der Waals surface area contributed by atoms with Crippen molar-refractivity contribution in [2.75, 3.05) is 26.4 Å². The highest BCUT2D eigenvalue weighted by Gasteiger charge is 2.06. The van der Waals surface area contributed by atoms with Crippen molar-refractivity contribution in [1.82, 2.24) is 0 Å².